The monoisotopic (exact) mass is 255 g/mol. The average Bonchev–Trinajstić information content (AvgIpc) is 2.70. The summed E-state index contributed by atoms with van der Waals surface area (Å²) in [5.41, 5.74) is 6.04. The van der Waals surface area contributed by atoms with Crippen molar-refractivity contribution in [2.45, 2.75) is 39.3 Å². The van der Waals surface area contributed by atoms with Gasteiger partial charge in [-0.1, -0.05) is 0 Å². The quantitative estimate of drug-likeness (QED) is 0.778. The maximum atomic E-state index is 11.9. The van der Waals surface area contributed by atoms with E-state index in [0.717, 1.165) is 0 Å². The van der Waals surface area contributed by atoms with E-state index < -0.39 is 5.97 Å². The van der Waals surface area contributed by atoms with Crippen LogP contribution in [-0.4, -0.2) is 35.1 Å². The molecule has 0 aliphatic carbocycles. The molecule has 0 bridgehead atoms. The van der Waals surface area contributed by atoms with Gasteiger partial charge in [0.2, 0.25) is 0 Å². The predicted molar refractivity (Wildman–Crippen MR) is 68.3 cm³/mol. The zero-order chi connectivity index (χ0) is 13.8. The van der Waals surface area contributed by atoms with Crippen LogP contribution in [0.1, 0.15) is 37.7 Å². The molecule has 2 N–H and O–H groups in total. The average molecular weight is 255 g/mol. The number of hydrogen-bond donors (Lipinski definition) is 1. The van der Waals surface area contributed by atoms with Crippen LogP contribution in [-0.2, 0) is 16.0 Å². The molecule has 0 aliphatic heterocycles. The number of aryl methyl sites for hydroxylation is 1. The van der Waals surface area contributed by atoms with Crippen molar-refractivity contribution in [2.75, 3.05) is 19.5 Å². The summed E-state index contributed by atoms with van der Waals surface area (Å²) in [7, 11) is 1.63. The first-order valence-corrected chi connectivity index (χ1v) is 5.95. The number of nitrogens with zero attached hydrogens (tertiary/aromatic N) is 2. The second-order valence-electron chi connectivity index (χ2n) is 4.61. The normalized spacial score (nSPS) is 11.6. The Balaban J connectivity index is 2.58. The molecule has 6 nitrogen and oxygen atoms in total. The van der Waals surface area contributed by atoms with Crippen LogP contribution in [0.4, 0.5) is 5.69 Å². The van der Waals surface area contributed by atoms with Gasteiger partial charge >= 0.3 is 5.97 Å². The molecule has 0 fully saturated rings. The highest BCUT2D eigenvalue weighted by Gasteiger charge is 2.20. The second-order valence-corrected chi connectivity index (χ2v) is 4.61. The van der Waals surface area contributed by atoms with Crippen LogP contribution < -0.4 is 5.73 Å². The van der Waals surface area contributed by atoms with Crippen molar-refractivity contribution < 1.29 is 14.3 Å². The molecule has 1 aromatic rings. The van der Waals surface area contributed by atoms with E-state index in [0.29, 0.717) is 24.3 Å². The van der Waals surface area contributed by atoms with E-state index in [1.807, 2.05) is 20.8 Å². The summed E-state index contributed by atoms with van der Waals surface area (Å²) in [6, 6.07) is 0. The fourth-order valence-corrected chi connectivity index (χ4v) is 1.42. The molecular weight excluding hydrogens is 234 g/mol. The minimum absolute atomic E-state index is 0.286. The Bertz CT molecular complexity index is 413. The molecule has 1 aromatic heterocycles. The summed E-state index contributed by atoms with van der Waals surface area (Å²) in [4.78, 5) is 11.9. The van der Waals surface area contributed by atoms with E-state index in [-0.39, 0.29) is 12.2 Å². The second kappa shape index (κ2) is 5.86. The van der Waals surface area contributed by atoms with Gasteiger partial charge in [-0.15, -0.1) is 0 Å². The van der Waals surface area contributed by atoms with Crippen LogP contribution in [0.2, 0.25) is 0 Å². The van der Waals surface area contributed by atoms with Gasteiger partial charge in [0.05, 0.1) is 24.1 Å². The minimum Gasteiger partial charge on any atom is -0.461 e. The lowest BCUT2D eigenvalue weighted by molar-refractivity contribution is -0.00593. The number of aromatic nitrogens is 2. The minimum atomic E-state index is -0.446. The Morgan fingerprint density at radius 1 is 1.56 bits per heavy atom. The Labute approximate surface area is 107 Å². The van der Waals surface area contributed by atoms with Crippen LogP contribution in [0.15, 0.2) is 6.20 Å². The highest BCUT2D eigenvalue weighted by molar-refractivity contribution is 5.93. The molecule has 0 atom stereocenters. The van der Waals surface area contributed by atoms with Crippen LogP contribution in [0.25, 0.3) is 0 Å². The lowest BCUT2D eigenvalue weighted by Crippen LogP contribution is -2.25. The van der Waals surface area contributed by atoms with Crippen molar-refractivity contribution in [1.29, 1.82) is 0 Å². The number of rotatable bonds is 6. The summed E-state index contributed by atoms with van der Waals surface area (Å²) < 4.78 is 12.0. The molecule has 0 saturated heterocycles. The Kier molecular flexibility index (Phi) is 4.72. The zero-order valence-electron chi connectivity index (χ0n) is 11.4. The molecule has 0 spiro atoms. The topological polar surface area (TPSA) is 79.4 Å². The van der Waals surface area contributed by atoms with Gasteiger partial charge in [-0.05, 0) is 20.8 Å². The first-order chi connectivity index (χ1) is 8.41. The third kappa shape index (κ3) is 3.46. The molecule has 1 heterocycles. The Morgan fingerprint density at radius 2 is 2.22 bits per heavy atom. The number of nitrogens with two attached hydrogens (primary N) is 1. The van der Waals surface area contributed by atoms with E-state index in [1.54, 1.807) is 7.11 Å². The third-order valence-corrected chi connectivity index (χ3v) is 2.85. The number of anilines is 1. The van der Waals surface area contributed by atoms with Crippen molar-refractivity contribution in [3.8, 4) is 0 Å². The number of ether oxygens (including phenoxy) is 2. The molecule has 6 heteroatoms. The van der Waals surface area contributed by atoms with Crippen molar-refractivity contribution in [2.24, 2.45) is 0 Å². The van der Waals surface area contributed by atoms with Gasteiger partial charge in [-0.25, -0.2) is 4.79 Å². The van der Waals surface area contributed by atoms with Crippen LogP contribution >= 0.6 is 0 Å². The third-order valence-electron chi connectivity index (χ3n) is 2.85. The van der Waals surface area contributed by atoms with Crippen LogP contribution in [0.3, 0.4) is 0 Å². The van der Waals surface area contributed by atoms with Crippen molar-refractivity contribution in [1.82, 2.24) is 9.78 Å². The van der Waals surface area contributed by atoms with Crippen molar-refractivity contribution in [3.05, 3.63) is 11.9 Å². The standard InChI is InChI=1S/C12H21N3O3/c1-5-15-10(9(13)8-14-15)11(16)18-7-6-12(2,3)17-4/h8H,5-7,13H2,1-4H3. The number of nitrogen functional groups attached to an aromatic ring is 1. The summed E-state index contributed by atoms with van der Waals surface area (Å²) in [6.45, 7) is 6.62. The summed E-state index contributed by atoms with van der Waals surface area (Å²) in [5, 5.41) is 3.99. The lowest BCUT2D eigenvalue weighted by Gasteiger charge is -2.22. The maximum absolute atomic E-state index is 11.9. The summed E-state index contributed by atoms with van der Waals surface area (Å²) >= 11 is 0. The number of carbonyl (C=O) groups excluding carboxylic acids is 1. The van der Waals surface area contributed by atoms with E-state index >= 15 is 0 Å². The highest BCUT2D eigenvalue weighted by atomic mass is 16.5. The fourth-order valence-electron chi connectivity index (χ4n) is 1.42. The molecule has 0 amide bonds. The summed E-state index contributed by atoms with van der Waals surface area (Å²) in [5.74, 6) is -0.446. The zero-order valence-corrected chi connectivity index (χ0v) is 11.4. The van der Waals surface area contributed by atoms with Crippen LogP contribution in [0, 0.1) is 0 Å². The van der Waals surface area contributed by atoms with Gasteiger partial charge in [-0.3, -0.25) is 4.68 Å². The molecule has 0 radical (unpaired) electrons. The molecule has 1 rings (SSSR count). The first-order valence-electron chi connectivity index (χ1n) is 5.95. The SMILES string of the molecule is CCn1ncc(N)c1C(=O)OCCC(C)(C)OC. The van der Waals surface area contributed by atoms with Gasteiger partial charge in [-0.2, -0.15) is 5.10 Å². The molecule has 18 heavy (non-hydrogen) atoms. The number of methoxy groups -OCH3 is 1. The lowest BCUT2D eigenvalue weighted by atomic mass is 10.1. The predicted octanol–water partition coefficient (Wildman–Crippen LogP) is 1.46. The van der Waals surface area contributed by atoms with Gasteiger partial charge < -0.3 is 15.2 Å². The molecule has 0 aromatic carbocycles. The van der Waals surface area contributed by atoms with Crippen molar-refractivity contribution >= 4 is 11.7 Å². The fraction of sp³-hybridized carbons (Fsp3) is 0.667. The van der Waals surface area contributed by atoms with E-state index in [9.17, 15) is 4.79 Å². The molecule has 0 unspecified atom stereocenters. The number of hydrogen-bond acceptors (Lipinski definition) is 5. The van der Waals surface area contributed by atoms with Crippen molar-refractivity contribution in [3.63, 3.8) is 0 Å². The summed E-state index contributed by atoms with van der Waals surface area (Å²) in [6.07, 6.45) is 2.08. The molecular formula is C12H21N3O3. The largest absolute Gasteiger partial charge is 0.461 e. The molecule has 102 valence electrons. The van der Waals surface area contributed by atoms with E-state index in [1.165, 1.54) is 10.9 Å². The van der Waals surface area contributed by atoms with E-state index in [4.69, 9.17) is 15.2 Å². The Morgan fingerprint density at radius 3 is 2.78 bits per heavy atom. The molecule has 0 aliphatic rings. The highest BCUT2D eigenvalue weighted by Crippen LogP contribution is 2.15. The van der Waals surface area contributed by atoms with Crippen LogP contribution in [0.5, 0.6) is 0 Å². The maximum Gasteiger partial charge on any atom is 0.358 e. The van der Waals surface area contributed by atoms with Gasteiger partial charge in [0.25, 0.3) is 0 Å². The smallest absolute Gasteiger partial charge is 0.358 e. The van der Waals surface area contributed by atoms with Gasteiger partial charge in [0.1, 0.15) is 0 Å². The van der Waals surface area contributed by atoms with E-state index in [2.05, 4.69) is 5.10 Å². The number of esters is 1. The Hall–Kier alpha value is -1.56. The number of carbonyl (C=O) groups is 1. The van der Waals surface area contributed by atoms with Gasteiger partial charge in [0, 0.05) is 20.1 Å². The molecule has 0 saturated carbocycles. The first kappa shape index (κ1) is 14.5. The van der Waals surface area contributed by atoms with Gasteiger partial charge in [0.15, 0.2) is 5.69 Å².